The van der Waals surface area contributed by atoms with Crippen molar-refractivity contribution in [2.24, 2.45) is 5.92 Å². The monoisotopic (exact) mass is 172 g/mol. The van der Waals surface area contributed by atoms with Gasteiger partial charge in [-0.3, -0.25) is 0 Å². The molecule has 0 aromatic carbocycles. The summed E-state index contributed by atoms with van der Waals surface area (Å²) < 4.78 is 11.0. The molecule has 2 heteroatoms. The fraction of sp³-hybridized carbons (Fsp3) is 1.00. The molecule has 0 amide bonds. The van der Waals surface area contributed by atoms with Crippen LogP contribution < -0.4 is 0 Å². The molecule has 0 aromatic heterocycles. The molecule has 1 saturated heterocycles. The molecule has 0 bridgehead atoms. The molecule has 1 aliphatic heterocycles. The molecule has 1 unspecified atom stereocenters. The van der Waals surface area contributed by atoms with Crippen molar-refractivity contribution in [1.29, 1.82) is 0 Å². The van der Waals surface area contributed by atoms with Gasteiger partial charge in [0.15, 0.2) is 0 Å². The third-order valence-corrected chi connectivity index (χ3v) is 2.17. The Hall–Kier alpha value is -0.0800. The highest BCUT2D eigenvalue weighted by Gasteiger charge is 2.13. The second kappa shape index (κ2) is 5.55. The Morgan fingerprint density at radius 1 is 1.50 bits per heavy atom. The van der Waals surface area contributed by atoms with Gasteiger partial charge >= 0.3 is 0 Å². The van der Waals surface area contributed by atoms with Crippen LogP contribution in [0.2, 0.25) is 0 Å². The fourth-order valence-corrected chi connectivity index (χ4v) is 1.31. The molecule has 0 aromatic rings. The summed E-state index contributed by atoms with van der Waals surface area (Å²) in [4.78, 5) is 0. The van der Waals surface area contributed by atoms with Gasteiger partial charge in [0, 0.05) is 13.2 Å². The molecular weight excluding hydrogens is 152 g/mol. The van der Waals surface area contributed by atoms with Crippen molar-refractivity contribution in [3.63, 3.8) is 0 Å². The van der Waals surface area contributed by atoms with Crippen LogP contribution in [0.5, 0.6) is 0 Å². The summed E-state index contributed by atoms with van der Waals surface area (Å²) >= 11 is 0. The highest BCUT2D eigenvalue weighted by Crippen LogP contribution is 2.11. The largest absolute Gasteiger partial charge is 0.379 e. The van der Waals surface area contributed by atoms with E-state index in [9.17, 15) is 0 Å². The van der Waals surface area contributed by atoms with Gasteiger partial charge in [-0.15, -0.1) is 0 Å². The van der Waals surface area contributed by atoms with Crippen LogP contribution in [0.3, 0.4) is 0 Å². The van der Waals surface area contributed by atoms with Crippen LogP contribution in [0.15, 0.2) is 0 Å². The Labute approximate surface area is 75.2 Å². The van der Waals surface area contributed by atoms with E-state index in [0.29, 0.717) is 6.10 Å². The van der Waals surface area contributed by atoms with Crippen LogP contribution in [-0.4, -0.2) is 25.9 Å². The van der Waals surface area contributed by atoms with E-state index in [1.54, 1.807) is 0 Å². The Balaban J connectivity index is 1.98. The van der Waals surface area contributed by atoms with Gasteiger partial charge in [0.25, 0.3) is 0 Å². The molecule has 1 aliphatic rings. The second-order valence-corrected chi connectivity index (χ2v) is 3.89. The molecule has 0 aliphatic carbocycles. The maximum absolute atomic E-state index is 5.67. The lowest BCUT2D eigenvalue weighted by Gasteiger charge is -2.22. The second-order valence-electron chi connectivity index (χ2n) is 3.89. The third kappa shape index (κ3) is 4.07. The van der Waals surface area contributed by atoms with Crippen LogP contribution >= 0.6 is 0 Å². The molecule has 0 saturated carbocycles. The van der Waals surface area contributed by atoms with Crippen molar-refractivity contribution in [2.75, 3.05) is 19.8 Å². The average molecular weight is 172 g/mol. The summed E-state index contributed by atoms with van der Waals surface area (Å²) in [6.45, 7) is 7.06. The first-order valence-corrected chi connectivity index (χ1v) is 4.98. The van der Waals surface area contributed by atoms with Gasteiger partial charge in [-0.05, 0) is 25.2 Å². The summed E-state index contributed by atoms with van der Waals surface area (Å²) in [5.74, 6) is 0.745. The number of rotatable bonds is 4. The van der Waals surface area contributed by atoms with Gasteiger partial charge in [-0.2, -0.15) is 0 Å². The van der Waals surface area contributed by atoms with Crippen LogP contribution in [0.25, 0.3) is 0 Å². The van der Waals surface area contributed by atoms with E-state index in [4.69, 9.17) is 9.47 Å². The fourth-order valence-electron chi connectivity index (χ4n) is 1.31. The lowest BCUT2D eigenvalue weighted by molar-refractivity contribution is -0.0521. The van der Waals surface area contributed by atoms with Crippen molar-refractivity contribution < 1.29 is 9.47 Å². The zero-order chi connectivity index (χ0) is 8.81. The van der Waals surface area contributed by atoms with Gasteiger partial charge in [-0.25, -0.2) is 0 Å². The quantitative estimate of drug-likeness (QED) is 0.647. The highest BCUT2D eigenvalue weighted by molar-refractivity contribution is 4.62. The van der Waals surface area contributed by atoms with Crippen LogP contribution in [0, 0.1) is 5.92 Å². The first-order chi connectivity index (χ1) is 5.79. The predicted molar refractivity (Wildman–Crippen MR) is 49.2 cm³/mol. The molecule has 0 radical (unpaired) electrons. The third-order valence-electron chi connectivity index (χ3n) is 2.17. The molecule has 1 heterocycles. The number of hydrogen-bond acceptors (Lipinski definition) is 2. The van der Waals surface area contributed by atoms with Gasteiger partial charge in [0.1, 0.15) is 0 Å². The summed E-state index contributed by atoms with van der Waals surface area (Å²) in [6, 6.07) is 0. The van der Waals surface area contributed by atoms with Gasteiger partial charge < -0.3 is 9.47 Å². The van der Waals surface area contributed by atoms with Crippen molar-refractivity contribution in [1.82, 2.24) is 0 Å². The zero-order valence-electron chi connectivity index (χ0n) is 8.21. The van der Waals surface area contributed by atoms with Crippen LogP contribution in [-0.2, 0) is 9.47 Å². The van der Waals surface area contributed by atoms with Crippen LogP contribution in [0.1, 0.15) is 33.1 Å². The summed E-state index contributed by atoms with van der Waals surface area (Å²) in [6.07, 6.45) is 3.87. The van der Waals surface area contributed by atoms with E-state index in [0.717, 1.165) is 38.6 Å². The molecule has 72 valence electrons. The summed E-state index contributed by atoms with van der Waals surface area (Å²) in [5.41, 5.74) is 0. The molecule has 12 heavy (non-hydrogen) atoms. The maximum atomic E-state index is 5.67. The van der Waals surface area contributed by atoms with E-state index < -0.39 is 0 Å². The molecule has 0 N–H and O–H groups in total. The number of hydrogen-bond donors (Lipinski definition) is 0. The Kier molecular flexibility index (Phi) is 4.62. The van der Waals surface area contributed by atoms with Crippen molar-refractivity contribution in [3.8, 4) is 0 Å². The molecular formula is C10H20O2. The van der Waals surface area contributed by atoms with Crippen molar-refractivity contribution in [3.05, 3.63) is 0 Å². The summed E-state index contributed by atoms with van der Waals surface area (Å²) in [7, 11) is 0. The van der Waals surface area contributed by atoms with E-state index in [1.165, 1.54) is 6.42 Å². The maximum Gasteiger partial charge on any atom is 0.0809 e. The molecule has 1 fully saturated rings. The van der Waals surface area contributed by atoms with E-state index in [2.05, 4.69) is 13.8 Å². The molecule has 1 rings (SSSR count). The Bertz CT molecular complexity index is 106. The Morgan fingerprint density at radius 3 is 2.92 bits per heavy atom. The standard InChI is InChI=1S/C10H20O2/c1-9(2)5-7-12-10-4-3-6-11-8-10/h9-10H,3-8H2,1-2H3. The Morgan fingerprint density at radius 2 is 2.33 bits per heavy atom. The minimum atomic E-state index is 0.373. The average Bonchev–Trinajstić information content (AvgIpc) is 2.05. The summed E-state index contributed by atoms with van der Waals surface area (Å²) in [5, 5.41) is 0. The topological polar surface area (TPSA) is 18.5 Å². The van der Waals surface area contributed by atoms with Gasteiger partial charge in [0.2, 0.25) is 0 Å². The van der Waals surface area contributed by atoms with Gasteiger partial charge in [-0.1, -0.05) is 13.8 Å². The first kappa shape index (κ1) is 10.0. The smallest absolute Gasteiger partial charge is 0.0809 e. The predicted octanol–water partition coefficient (Wildman–Crippen LogP) is 2.23. The normalized spacial score (nSPS) is 24.8. The molecule has 1 atom stereocenters. The lowest BCUT2D eigenvalue weighted by Crippen LogP contribution is -2.26. The highest BCUT2D eigenvalue weighted by atomic mass is 16.5. The molecule has 0 spiro atoms. The van der Waals surface area contributed by atoms with E-state index in [-0.39, 0.29) is 0 Å². The van der Waals surface area contributed by atoms with Crippen molar-refractivity contribution in [2.45, 2.75) is 39.2 Å². The lowest BCUT2D eigenvalue weighted by atomic mass is 10.1. The number of ether oxygens (including phenoxy) is 2. The van der Waals surface area contributed by atoms with Crippen molar-refractivity contribution >= 4 is 0 Å². The zero-order valence-corrected chi connectivity index (χ0v) is 8.21. The minimum Gasteiger partial charge on any atom is -0.379 e. The first-order valence-electron chi connectivity index (χ1n) is 4.98. The van der Waals surface area contributed by atoms with Crippen LogP contribution in [0.4, 0.5) is 0 Å². The van der Waals surface area contributed by atoms with E-state index in [1.807, 2.05) is 0 Å². The minimum absolute atomic E-state index is 0.373. The van der Waals surface area contributed by atoms with Gasteiger partial charge in [0.05, 0.1) is 12.7 Å². The van der Waals surface area contributed by atoms with E-state index >= 15 is 0 Å². The SMILES string of the molecule is CC(C)CCOC1CCCOC1. The molecule has 2 nitrogen and oxygen atoms in total.